The molecule has 0 aliphatic heterocycles. The molecule has 0 aromatic heterocycles. The van der Waals surface area contributed by atoms with Gasteiger partial charge in [-0.15, -0.1) is 0 Å². The Morgan fingerprint density at radius 1 is 1.27 bits per heavy atom. The molecule has 88 valence electrons. The highest BCUT2D eigenvalue weighted by atomic mass is 16.5. The van der Waals surface area contributed by atoms with Crippen LogP contribution in [0.2, 0.25) is 0 Å². The van der Waals surface area contributed by atoms with Crippen molar-refractivity contribution in [2.45, 2.75) is 56.8 Å². The van der Waals surface area contributed by atoms with E-state index in [4.69, 9.17) is 4.74 Å². The van der Waals surface area contributed by atoms with Gasteiger partial charge < -0.3 is 15.2 Å². The fourth-order valence-corrected chi connectivity index (χ4v) is 2.71. The van der Waals surface area contributed by atoms with Crippen LogP contribution >= 0.6 is 0 Å². The van der Waals surface area contributed by atoms with E-state index in [1.807, 2.05) is 0 Å². The number of hydrogen-bond donors (Lipinski definition) is 2. The standard InChI is InChI=1S/C12H23NO2/c1-15-12-6-10(7-12)13-8-9-3-2-4-11(14)5-9/h9-14H,2-8H2,1H3. The van der Waals surface area contributed by atoms with E-state index in [9.17, 15) is 5.11 Å². The summed E-state index contributed by atoms with van der Waals surface area (Å²) in [5, 5.41) is 13.1. The fourth-order valence-electron chi connectivity index (χ4n) is 2.71. The van der Waals surface area contributed by atoms with Crippen LogP contribution in [0.15, 0.2) is 0 Å². The second-order valence-electron chi connectivity index (χ2n) is 5.12. The third-order valence-corrected chi connectivity index (χ3v) is 3.88. The van der Waals surface area contributed by atoms with Gasteiger partial charge in [-0.3, -0.25) is 0 Å². The summed E-state index contributed by atoms with van der Waals surface area (Å²) < 4.78 is 5.25. The summed E-state index contributed by atoms with van der Waals surface area (Å²) in [6, 6.07) is 0.661. The molecule has 2 saturated carbocycles. The molecule has 2 unspecified atom stereocenters. The van der Waals surface area contributed by atoms with Crippen LogP contribution in [-0.2, 0) is 4.74 Å². The molecule has 3 heteroatoms. The second-order valence-corrected chi connectivity index (χ2v) is 5.12. The van der Waals surface area contributed by atoms with Crippen LogP contribution in [0.5, 0.6) is 0 Å². The Balaban J connectivity index is 1.58. The molecule has 0 bridgehead atoms. The third-order valence-electron chi connectivity index (χ3n) is 3.88. The Labute approximate surface area is 92.2 Å². The zero-order chi connectivity index (χ0) is 10.7. The number of nitrogens with one attached hydrogen (secondary N) is 1. The molecular formula is C12H23NO2. The summed E-state index contributed by atoms with van der Waals surface area (Å²) in [5.74, 6) is 0.690. The lowest BCUT2D eigenvalue weighted by atomic mass is 9.85. The SMILES string of the molecule is COC1CC(NCC2CCCC(O)C2)C1. The van der Waals surface area contributed by atoms with Gasteiger partial charge >= 0.3 is 0 Å². The monoisotopic (exact) mass is 213 g/mol. The molecule has 0 heterocycles. The quantitative estimate of drug-likeness (QED) is 0.739. The number of aliphatic hydroxyl groups is 1. The maximum Gasteiger partial charge on any atom is 0.0601 e. The minimum Gasteiger partial charge on any atom is -0.393 e. The molecule has 0 radical (unpaired) electrons. The topological polar surface area (TPSA) is 41.5 Å². The molecule has 2 atom stereocenters. The second kappa shape index (κ2) is 5.28. The van der Waals surface area contributed by atoms with E-state index < -0.39 is 0 Å². The van der Waals surface area contributed by atoms with Crippen LogP contribution in [-0.4, -0.2) is 37.0 Å². The van der Waals surface area contributed by atoms with Gasteiger partial charge in [-0.2, -0.15) is 0 Å². The zero-order valence-electron chi connectivity index (χ0n) is 9.61. The smallest absolute Gasteiger partial charge is 0.0601 e. The Bertz CT molecular complexity index is 192. The van der Waals surface area contributed by atoms with Crippen molar-refractivity contribution in [3.05, 3.63) is 0 Å². The van der Waals surface area contributed by atoms with E-state index in [1.165, 1.54) is 12.8 Å². The molecule has 0 aromatic carbocycles. The molecule has 2 N–H and O–H groups in total. The summed E-state index contributed by atoms with van der Waals surface area (Å²) in [6.07, 6.45) is 7.23. The minimum absolute atomic E-state index is 0.0429. The summed E-state index contributed by atoms with van der Waals surface area (Å²) >= 11 is 0. The lowest BCUT2D eigenvalue weighted by Crippen LogP contribution is -2.47. The van der Waals surface area contributed by atoms with Crippen molar-refractivity contribution in [2.24, 2.45) is 5.92 Å². The van der Waals surface area contributed by atoms with Crippen molar-refractivity contribution in [1.29, 1.82) is 0 Å². The third kappa shape index (κ3) is 3.16. The molecule has 2 aliphatic rings. The summed E-state index contributed by atoms with van der Waals surface area (Å²) in [7, 11) is 1.79. The predicted octanol–water partition coefficient (Wildman–Crippen LogP) is 1.30. The summed E-state index contributed by atoms with van der Waals surface area (Å²) in [6.45, 7) is 1.08. The van der Waals surface area contributed by atoms with Gasteiger partial charge in [-0.05, 0) is 44.6 Å². The Kier molecular flexibility index (Phi) is 4.00. The highest BCUT2D eigenvalue weighted by Gasteiger charge is 2.29. The Morgan fingerprint density at radius 2 is 2.07 bits per heavy atom. The first-order chi connectivity index (χ1) is 7.28. The first kappa shape index (κ1) is 11.4. The van der Waals surface area contributed by atoms with Crippen molar-refractivity contribution in [2.75, 3.05) is 13.7 Å². The van der Waals surface area contributed by atoms with Crippen LogP contribution in [0.3, 0.4) is 0 Å². The summed E-state index contributed by atoms with van der Waals surface area (Å²) in [4.78, 5) is 0. The molecule has 15 heavy (non-hydrogen) atoms. The van der Waals surface area contributed by atoms with E-state index in [2.05, 4.69) is 5.32 Å². The maximum absolute atomic E-state index is 9.55. The fraction of sp³-hybridized carbons (Fsp3) is 1.00. The molecule has 0 spiro atoms. The van der Waals surface area contributed by atoms with Gasteiger partial charge in [-0.1, -0.05) is 6.42 Å². The summed E-state index contributed by atoms with van der Waals surface area (Å²) in [5.41, 5.74) is 0. The van der Waals surface area contributed by atoms with Crippen LogP contribution in [0.1, 0.15) is 38.5 Å². The van der Waals surface area contributed by atoms with Crippen molar-refractivity contribution in [3.63, 3.8) is 0 Å². The van der Waals surface area contributed by atoms with Crippen LogP contribution in [0.4, 0.5) is 0 Å². The van der Waals surface area contributed by atoms with Crippen molar-refractivity contribution in [1.82, 2.24) is 5.32 Å². The normalized spacial score (nSPS) is 41.2. The van der Waals surface area contributed by atoms with E-state index in [0.717, 1.165) is 32.2 Å². The van der Waals surface area contributed by atoms with Gasteiger partial charge in [0.2, 0.25) is 0 Å². The number of aliphatic hydroxyl groups excluding tert-OH is 1. The van der Waals surface area contributed by atoms with Crippen molar-refractivity contribution < 1.29 is 9.84 Å². The molecule has 2 aliphatic carbocycles. The number of methoxy groups -OCH3 is 1. The van der Waals surface area contributed by atoms with Gasteiger partial charge in [0.25, 0.3) is 0 Å². The molecule has 3 nitrogen and oxygen atoms in total. The van der Waals surface area contributed by atoms with Crippen LogP contribution in [0, 0.1) is 5.92 Å². The van der Waals surface area contributed by atoms with Gasteiger partial charge in [0, 0.05) is 13.2 Å². The van der Waals surface area contributed by atoms with Crippen LogP contribution < -0.4 is 5.32 Å². The lowest BCUT2D eigenvalue weighted by Gasteiger charge is -2.36. The van der Waals surface area contributed by atoms with E-state index in [1.54, 1.807) is 7.11 Å². The van der Waals surface area contributed by atoms with Gasteiger partial charge in [0.05, 0.1) is 12.2 Å². The first-order valence-electron chi connectivity index (χ1n) is 6.22. The molecule has 2 fully saturated rings. The van der Waals surface area contributed by atoms with Gasteiger partial charge in [0.15, 0.2) is 0 Å². The van der Waals surface area contributed by atoms with Crippen LogP contribution in [0.25, 0.3) is 0 Å². The lowest BCUT2D eigenvalue weighted by molar-refractivity contribution is 0.0145. The molecule has 0 amide bonds. The Morgan fingerprint density at radius 3 is 2.73 bits per heavy atom. The molecule has 2 rings (SSSR count). The average Bonchev–Trinajstić information content (AvgIpc) is 2.16. The van der Waals surface area contributed by atoms with E-state index in [0.29, 0.717) is 18.1 Å². The number of ether oxygens (including phenoxy) is 1. The molecule has 0 aromatic rings. The number of hydrogen-bond acceptors (Lipinski definition) is 3. The minimum atomic E-state index is -0.0429. The molecule has 0 saturated heterocycles. The van der Waals surface area contributed by atoms with E-state index in [-0.39, 0.29) is 6.10 Å². The number of rotatable bonds is 4. The zero-order valence-corrected chi connectivity index (χ0v) is 9.61. The molecular weight excluding hydrogens is 190 g/mol. The van der Waals surface area contributed by atoms with Gasteiger partial charge in [-0.25, -0.2) is 0 Å². The highest BCUT2D eigenvalue weighted by Crippen LogP contribution is 2.26. The first-order valence-corrected chi connectivity index (χ1v) is 6.22. The van der Waals surface area contributed by atoms with E-state index >= 15 is 0 Å². The predicted molar refractivity (Wildman–Crippen MR) is 59.8 cm³/mol. The Hall–Kier alpha value is -0.120. The van der Waals surface area contributed by atoms with Crippen molar-refractivity contribution >= 4 is 0 Å². The highest BCUT2D eigenvalue weighted by molar-refractivity contribution is 4.86. The maximum atomic E-state index is 9.55. The van der Waals surface area contributed by atoms with Crippen molar-refractivity contribution in [3.8, 4) is 0 Å². The largest absolute Gasteiger partial charge is 0.393 e. The average molecular weight is 213 g/mol. The van der Waals surface area contributed by atoms with Gasteiger partial charge in [0.1, 0.15) is 0 Å².